The summed E-state index contributed by atoms with van der Waals surface area (Å²) in [7, 11) is -4.16. The van der Waals surface area contributed by atoms with Gasteiger partial charge in [0.2, 0.25) is 10.0 Å². The number of carboxylic acid groups (broad SMARTS) is 1. The highest BCUT2D eigenvalue weighted by Gasteiger charge is 2.31. The lowest BCUT2D eigenvalue weighted by Gasteiger charge is -2.26. The average molecular weight is 519 g/mol. The number of hydrogen-bond acceptors (Lipinski definition) is 6. The van der Waals surface area contributed by atoms with Crippen LogP contribution in [0.4, 0.5) is 5.69 Å². The minimum Gasteiger partial charge on any atom is -0.480 e. The first-order chi connectivity index (χ1) is 16.7. The molecule has 0 saturated carbocycles. The van der Waals surface area contributed by atoms with E-state index in [1.165, 1.54) is 0 Å². The molecule has 2 rings (SSSR count). The summed E-state index contributed by atoms with van der Waals surface area (Å²) in [6, 6.07) is 6.86. The zero-order valence-corrected chi connectivity index (χ0v) is 22.8. The Bertz CT molecular complexity index is 1200. The molecule has 0 bridgehead atoms. The summed E-state index contributed by atoms with van der Waals surface area (Å²) in [5, 5.41) is 9.85. The molecule has 0 amide bonds. The van der Waals surface area contributed by atoms with E-state index in [2.05, 4.69) is 18.6 Å². The number of rotatable bonds is 12. The molecule has 36 heavy (non-hydrogen) atoms. The molecule has 198 valence electrons. The van der Waals surface area contributed by atoms with Crippen LogP contribution >= 0.6 is 0 Å². The van der Waals surface area contributed by atoms with Gasteiger partial charge in [-0.3, -0.25) is 9.59 Å². The zero-order valence-electron chi connectivity index (χ0n) is 22.0. The van der Waals surface area contributed by atoms with Gasteiger partial charge < -0.3 is 15.6 Å². The Kier molecular flexibility index (Phi) is 9.68. The summed E-state index contributed by atoms with van der Waals surface area (Å²) < 4.78 is 34.4. The second kappa shape index (κ2) is 11.9. The van der Waals surface area contributed by atoms with Crippen LogP contribution in [0.1, 0.15) is 100 Å². The molecule has 0 saturated heterocycles. The first kappa shape index (κ1) is 29.3. The van der Waals surface area contributed by atoms with Crippen molar-refractivity contribution in [2.24, 2.45) is 0 Å². The Hall–Kier alpha value is -2.91. The highest BCUT2D eigenvalue weighted by atomic mass is 32.2. The molecule has 0 fully saturated rings. The van der Waals surface area contributed by atoms with Crippen molar-refractivity contribution in [2.45, 2.75) is 89.7 Å². The number of ether oxygens (including phenoxy) is 1. The first-order valence-corrected chi connectivity index (χ1v) is 13.6. The molecule has 2 aromatic carbocycles. The Morgan fingerprint density at radius 1 is 0.972 bits per heavy atom. The molecule has 0 aromatic heterocycles. The van der Waals surface area contributed by atoms with Crippen molar-refractivity contribution in [3.63, 3.8) is 0 Å². The smallest absolute Gasteiger partial charge is 0.322 e. The summed E-state index contributed by atoms with van der Waals surface area (Å²) in [6.07, 6.45) is -0.677. The normalized spacial score (nSPS) is 13.7. The van der Waals surface area contributed by atoms with E-state index in [0.717, 1.165) is 11.1 Å². The Morgan fingerprint density at radius 2 is 1.56 bits per heavy atom. The van der Waals surface area contributed by atoms with Gasteiger partial charge in [-0.05, 0) is 65.5 Å². The van der Waals surface area contributed by atoms with Crippen molar-refractivity contribution in [3.05, 3.63) is 58.1 Å². The number of benzene rings is 2. The number of sulfonamides is 1. The van der Waals surface area contributed by atoms with Gasteiger partial charge in [0.1, 0.15) is 12.1 Å². The molecule has 1 unspecified atom stereocenters. The van der Waals surface area contributed by atoms with Gasteiger partial charge in [0.25, 0.3) is 6.47 Å². The van der Waals surface area contributed by atoms with Crippen LogP contribution in [0.2, 0.25) is 0 Å². The van der Waals surface area contributed by atoms with Crippen molar-refractivity contribution in [1.82, 2.24) is 4.72 Å². The van der Waals surface area contributed by atoms with Crippen LogP contribution in [-0.2, 0) is 30.8 Å². The van der Waals surface area contributed by atoms with Crippen LogP contribution in [0, 0.1) is 0 Å². The predicted octanol–water partition coefficient (Wildman–Crippen LogP) is 4.85. The maximum Gasteiger partial charge on any atom is 0.322 e. The molecule has 0 spiro atoms. The third-order valence-electron chi connectivity index (χ3n) is 6.23. The minimum absolute atomic E-state index is 0.0844. The number of nitrogen functional groups attached to an aromatic ring is 1. The van der Waals surface area contributed by atoms with E-state index in [4.69, 9.17) is 10.5 Å². The fraction of sp³-hybridized carbons (Fsp3) is 0.481. The van der Waals surface area contributed by atoms with Crippen molar-refractivity contribution in [2.75, 3.05) is 5.73 Å². The number of carbonyl (C=O) groups excluding carboxylic acids is 1. The van der Waals surface area contributed by atoms with Crippen molar-refractivity contribution in [3.8, 4) is 0 Å². The molecule has 4 N–H and O–H groups in total. The molecule has 0 radical (unpaired) electrons. The van der Waals surface area contributed by atoms with Crippen LogP contribution in [0.15, 0.2) is 35.2 Å². The van der Waals surface area contributed by atoms with Crippen LogP contribution in [0.25, 0.3) is 0 Å². The van der Waals surface area contributed by atoms with Crippen molar-refractivity contribution >= 4 is 28.2 Å². The van der Waals surface area contributed by atoms with Gasteiger partial charge in [-0.2, -0.15) is 4.72 Å². The van der Waals surface area contributed by atoms with Gasteiger partial charge in [0, 0.05) is 11.3 Å². The summed E-state index contributed by atoms with van der Waals surface area (Å²) >= 11 is 0. The molecule has 2 aromatic rings. The van der Waals surface area contributed by atoms with Crippen molar-refractivity contribution < 1.29 is 27.9 Å². The van der Waals surface area contributed by atoms with Gasteiger partial charge in [-0.25, -0.2) is 8.42 Å². The predicted molar refractivity (Wildman–Crippen MR) is 141 cm³/mol. The zero-order chi connectivity index (χ0) is 27.4. The topological polar surface area (TPSA) is 136 Å². The Balaban J connectivity index is 2.47. The SMILES string of the molecule is CC(C)c1ccc(S(=O)(=O)N[C@@H](Cc2ccc(C(C)OC=O)c(N)c2)C(=O)O)c(C(C)C)c1C(C)C. The summed E-state index contributed by atoms with van der Waals surface area (Å²) in [4.78, 5) is 22.8. The van der Waals surface area contributed by atoms with Crippen LogP contribution in [0.5, 0.6) is 0 Å². The van der Waals surface area contributed by atoms with E-state index < -0.39 is 28.1 Å². The molecular formula is C27H38N2O6S. The maximum atomic E-state index is 13.6. The van der Waals surface area contributed by atoms with Gasteiger partial charge >= 0.3 is 5.97 Å². The lowest BCUT2D eigenvalue weighted by molar-refractivity contribution is -0.139. The Labute approximate surface area is 214 Å². The lowest BCUT2D eigenvalue weighted by atomic mass is 9.83. The quantitative estimate of drug-likeness (QED) is 0.270. The van der Waals surface area contributed by atoms with Crippen LogP contribution in [-0.4, -0.2) is 32.0 Å². The molecular weight excluding hydrogens is 480 g/mol. The maximum absolute atomic E-state index is 13.6. The monoisotopic (exact) mass is 518 g/mol. The van der Waals surface area contributed by atoms with Gasteiger partial charge in [-0.15, -0.1) is 0 Å². The number of nitrogens with two attached hydrogens (primary N) is 1. The lowest BCUT2D eigenvalue weighted by Crippen LogP contribution is -2.42. The number of hydrogen-bond donors (Lipinski definition) is 3. The third-order valence-corrected chi connectivity index (χ3v) is 7.76. The summed E-state index contributed by atoms with van der Waals surface area (Å²) in [5.41, 5.74) is 10.3. The number of aliphatic carboxylic acids is 1. The molecule has 8 nitrogen and oxygen atoms in total. The van der Waals surface area contributed by atoms with E-state index >= 15 is 0 Å². The van der Waals surface area contributed by atoms with E-state index in [1.54, 1.807) is 31.2 Å². The number of carbonyl (C=O) groups is 2. The molecule has 9 heteroatoms. The van der Waals surface area contributed by atoms with Gasteiger partial charge in [0.15, 0.2) is 0 Å². The molecule has 0 aliphatic carbocycles. The van der Waals surface area contributed by atoms with Crippen LogP contribution < -0.4 is 10.5 Å². The number of nitrogens with one attached hydrogen (secondary N) is 1. The largest absolute Gasteiger partial charge is 0.480 e. The summed E-state index contributed by atoms with van der Waals surface area (Å²) in [5.74, 6) is -1.08. The molecule has 2 atom stereocenters. The highest BCUT2D eigenvalue weighted by Crippen LogP contribution is 2.37. The second-order valence-electron chi connectivity index (χ2n) is 10.00. The number of anilines is 1. The average Bonchev–Trinajstić information content (AvgIpc) is 2.77. The third kappa shape index (κ3) is 6.64. The molecule has 0 heterocycles. The number of carboxylic acids is 1. The fourth-order valence-electron chi connectivity index (χ4n) is 4.55. The van der Waals surface area contributed by atoms with Crippen LogP contribution in [0.3, 0.4) is 0 Å². The van der Waals surface area contributed by atoms with Crippen molar-refractivity contribution in [1.29, 1.82) is 0 Å². The molecule has 0 aliphatic heterocycles. The van der Waals surface area contributed by atoms with E-state index in [-0.39, 0.29) is 29.1 Å². The van der Waals surface area contributed by atoms with E-state index in [9.17, 15) is 23.1 Å². The summed E-state index contributed by atoms with van der Waals surface area (Å²) in [6.45, 7) is 14.1. The highest BCUT2D eigenvalue weighted by molar-refractivity contribution is 7.89. The second-order valence-corrected chi connectivity index (χ2v) is 11.7. The van der Waals surface area contributed by atoms with E-state index in [0.29, 0.717) is 28.8 Å². The van der Waals surface area contributed by atoms with Gasteiger partial charge in [0.05, 0.1) is 4.90 Å². The molecule has 0 aliphatic rings. The fourth-order valence-corrected chi connectivity index (χ4v) is 6.12. The first-order valence-electron chi connectivity index (χ1n) is 12.1. The van der Waals surface area contributed by atoms with Gasteiger partial charge in [-0.1, -0.05) is 59.7 Å². The standard InChI is InChI=1S/C27H38N2O6S/c1-15(2)20-10-11-24(26(17(5)6)25(20)16(3)4)36(33,34)29-23(27(31)32)13-19-8-9-21(22(28)12-19)18(7)35-14-30/h8-12,14-18,23,29H,13,28H2,1-7H3,(H,31,32)/t18?,23-/m0/s1. The minimum atomic E-state index is -4.16. The Morgan fingerprint density at radius 3 is 2.03 bits per heavy atom. The van der Waals surface area contributed by atoms with E-state index in [1.807, 2.05) is 33.8 Å².